The first-order chi connectivity index (χ1) is 13.2. The van der Waals surface area contributed by atoms with Crippen LogP contribution in [0.4, 0.5) is 0 Å². The van der Waals surface area contributed by atoms with Gasteiger partial charge in [0.15, 0.2) is 0 Å². The van der Waals surface area contributed by atoms with Crippen LogP contribution in [-0.2, 0) is 13.0 Å². The van der Waals surface area contributed by atoms with Crippen molar-refractivity contribution in [3.63, 3.8) is 0 Å². The first-order valence-electron chi connectivity index (χ1n) is 10.7. The standard InChI is InChI=1S/C25H33NO/c1-19-4-3-5-25(20(19)2)27-18-24-10-6-21(7-11-24)16-22-12-14-26(15-13-22)17-23-8-9-23/h3-7,10-11,22-23H,8-9,12-18H2,1-2H3. The summed E-state index contributed by atoms with van der Waals surface area (Å²) >= 11 is 0. The van der Waals surface area contributed by atoms with Gasteiger partial charge in [-0.2, -0.15) is 0 Å². The molecule has 1 aliphatic heterocycles. The number of ether oxygens (including phenoxy) is 1. The fourth-order valence-corrected chi connectivity index (χ4v) is 4.19. The van der Waals surface area contributed by atoms with Crippen molar-refractivity contribution in [1.29, 1.82) is 0 Å². The maximum absolute atomic E-state index is 6.04. The lowest BCUT2D eigenvalue weighted by molar-refractivity contribution is 0.178. The molecule has 4 rings (SSSR count). The highest BCUT2D eigenvalue weighted by Crippen LogP contribution is 2.31. The fraction of sp³-hybridized carbons (Fsp3) is 0.520. The lowest BCUT2D eigenvalue weighted by Crippen LogP contribution is -2.35. The summed E-state index contributed by atoms with van der Waals surface area (Å²) in [5.41, 5.74) is 5.25. The van der Waals surface area contributed by atoms with E-state index in [0.717, 1.165) is 17.6 Å². The van der Waals surface area contributed by atoms with Gasteiger partial charge >= 0.3 is 0 Å². The van der Waals surface area contributed by atoms with E-state index in [2.05, 4.69) is 61.2 Å². The molecule has 2 aromatic rings. The van der Waals surface area contributed by atoms with Crippen LogP contribution in [0.25, 0.3) is 0 Å². The highest BCUT2D eigenvalue weighted by molar-refractivity contribution is 5.38. The monoisotopic (exact) mass is 363 g/mol. The van der Waals surface area contributed by atoms with Gasteiger partial charge in [0.05, 0.1) is 0 Å². The van der Waals surface area contributed by atoms with Gasteiger partial charge in [0.25, 0.3) is 0 Å². The third-order valence-electron chi connectivity index (χ3n) is 6.42. The third kappa shape index (κ3) is 5.13. The van der Waals surface area contributed by atoms with E-state index < -0.39 is 0 Å². The lowest BCUT2D eigenvalue weighted by atomic mass is 9.90. The topological polar surface area (TPSA) is 12.5 Å². The van der Waals surface area contributed by atoms with E-state index in [1.54, 1.807) is 0 Å². The molecule has 2 nitrogen and oxygen atoms in total. The molecule has 0 aromatic heterocycles. The molecule has 2 aromatic carbocycles. The second-order valence-electron chi connectivity index (χ2n) is 8.69. The van der Waals surface area contributed by atoms with Gasteiger partial charge in [-0.05, 0) is 99.2 Å². The van der Waals surface area contributed by atoms with Crippen LogP contribution >= 0.6 is 0 Å². The van der Waals surface area contributed by atoms with Crippen LogP contribution in [0.3, 0.4) is 0 Å². The predicted molar refractivity (Wildman–Crippen MR) is 112 cm³/mol. The molecular formula is C25H33NO. The summed E-state index contributed by atoms with van der Waals surface area (Å²) in [5, 5.41) is 0. The van der Waals surface area contributed by atoms with E-state index in [1.807, 2.05) is 0 Å². The molecule has 0 bridgehead atoms. The Morgan fingerprint density at radius 1 is 0.852 bits per heavy atom. The molecule has 2 fully saturated rings. The van der Waals surface area contributed by atoms with E-state index in [0.29, 0.717) is 6.61 Å². The van der Waals surface area contributed by atoms with Crippen molar-refractivity contribution in [2.45, 2.75) is 52.6 Å². The molecule has 2 aliphatic rings. The smallest absolute Gasteiger partial charge is 0.122 e. The summed E-state index contributed by atoms with van der Waals surface area (Å²) in [4.78, 5) is 2.70. The van der Waals surface area contributed by atoms with Crippen molar-refractivity contribution in [2.75, 3.05) is 19.6 Å². The van der Waals surface area contributed by atoms with Crippen LogP contribution in [0.1, 0.15) is 47.9 Å². The Bertz CT molecular complexity index is 739. The second kappa shape index (κ2) is 8.48. The summed E-state index contributed by atoms with van der Waals surface area (Å²) < 4.78 is 6.04. The Morgan fingerprint density at radius 2 is 1.56 bits per heavy atom. The summed E-state index contributed by atoms with van der Waals surface area (Å²) in [5.74, 6) is 2.88. The SMILES string of the molecule is Cc1cccc(OCc2ccc(CC3CCN(CC4CC4)CC3)cc2)c1C. The molecule has 144 valence electrons. The molecule has 0 N–H and O–H groups in total. The van der Waals surface area contributed by atoms with E-state index >= 15 is 0 Å². The molecule has 1 saturated carbocycles. The Labute approximate surface area is 164 Å². The average Bonchev–Trinajstić information content (AvgIpc) is 3.50. The van der Waals surface area contributed by atoms with Crippen LogP contribution in [0.2, 0.25) is 0 Å². The summed E-state index contributed by atoms with van der Waals surface area (Å²) in [6.07, 6.45) is 6.91. The van der Waals surface area contributed by atoms with Gasteiger partial charge < -0.3 is 9.64 Å². The molecule has 0 amide bonds. The number of aryl methyl sites for hydroxylation is 1. The molecule has 0 radical (unpaired) electrons. The van der Waals surface area contributed by atoms with E-state index in [9.17, 15) is 0 Å². The number of rotatable bonds is 7. The lowest BCUT2D eigenvalue weighted by Gasteiger charge is -2.32. The minimum Gasteiger partial charge on any atom is -0.489 e. The van der Waals surface area contributed by atoms with Gasteiger partial charge in [0.2, 0.25) is 0 Å². The zero-order valence-corrected chi connectivity index (χ0v) is 16.9. The van der Waals surface area contributed by atoms with Crippen LogP contribution in [0.15, 0.2) is 42.5 Å². The van der Waals surface area contributed by atoms with Gasteiger partial charge in [-0.15, -0.1) is 0 Å². The number of nitrogens with zero attached hydrogens (tertiary/aromatic N) is 1. The van der Waals surface area contributed by atoms with Gasteiger partial charge in [0, 0.05) is 6.54 Å². The van der Waals surface area contributed by atoms with Crippen molar-refractivity contribution in [3.8, 4) is 5.75 Å². The van der Waals surface area contributed by atoms with Gasteiger partial charge in [0.1, 0.15) is 12.4 Å². The van der Waals surface area contributed by atoms with E-state index in [4.69, 9.17) is 4.74 Å². The molecule has 27 heavy (non-hydrogen) atoms. The van der Waals surface area contributed by atoms with E-state index in [-0.39, 0.29) is 0 Å². The highest BCUT2D eigenvalue weighted by atomic mass is 16.5. The van der Waals surface area contributed by atoms with Crippen LogP contribution in [0, 0.1) is 25.7 Å². The van der Waals surface area contributed by atoms with Gasteiger partial charge in [-0.1, -0.05) is 36.4 Å². The first-order valence-corrected chi connectivity index (χ1v) is 10.7. The molecule has 1 saturated heterocycles. The Hall–Kier alpha value is -1.80. The van der Waals surface area contributed by atoms with Crippen LogP contribution in [0.5, 0.6) is 5.75 Å². The van der Waals surface area contributed by atoms with E-state index in [1.165, 1.54) is 74.0 Å². The number of hydrogen-bond acceptors (Lipinski definition) is 2. The Morgan fingerprint density at radius 3 is 2.26 bits per heavy atom. The molecule has 0 atom stereocenters. The Kier molecular flexibility index (Phi) is 5.83. The largest absolute Gasteiger partial charge is 0.489 e. The zero-order valence-electron chi connectivity index (χ0n) is 16.9. The molecule has 0 spiro atoms. The predicted octanol–water partition coefficient (Wildman–Crippen LogP) is 5.55. The summed E-state index contributed by atoms with van der Waals surface area (Å²) in [6.45, 7) is 8.88. The van der Waals surface area contributed by atoms with Crippen molar-refractivity contribution < 1.29 is 4.74 Å². The maximum atomic E-state index is 6.04. The first kappa shape index (κ1) is 18.6. The molecule has 1 aliphatic carbocycles. The molecule has 1 heterocycles. The van der Waals surface area contributed by atoms with Crippen LogP contribution in [-0.4, -0.2) is 24.5 Å². The third-order valence-corrected chi connectivity index (χ3v) is 6.42. The normalized spacial score (nSPS) is 18.6. The number of hydrogen-bond donors (Lipinski definition) is 0. The fourth-order valence-electron chi connectivity index (χ4n) is 4.19. The van der Waals surface area contributed by atoms with Crippen molar-refractivity contribution in [2.24, 2.45) is 11.8 Å². The quantitative estimate of drug-likeness (QED) is 0.640. The number of benzene rings is 2. The molecule has 2 heteroatoms. The zero-order chi connectivity index (χ0) is 18.6. The highest BCUT2D eigenvalue weighted by Gasteiger charge is 2.27. The van der Waals surface area contributed by atoms with Gasteiger partial charge in [-0.3, -0.25) is 0 Å². The minimum atomic E-state index is 0.643. The molecular weight excluding hydrogens is 330 g/mol. The minimum absolute atomic E-state index is 0.643. The number of piperidine rings is 1. The molecule has 0 unspecified atom stereocenters. The van der Waals surface area contributed by atoms with Crippen LogP contribution < -0.4 is 4.74 Å². The van der Waals surface area contributed by atoms with Crippen molar-refractivity contribution in [3.05, 3.63) is 64.7 Å². The van der Waals surface area contributed by atoms with Crippen molar-refractivity contribution >= 4 is 0 Å². The number of likely N-dealkylation sites (tertiary alicyclic amines) is 1. The Balaban J connectivity index is 1.24. The average molecular weight is 364 g/mol. The second-order valence-corrected chi connectivity index (χ2v) is 8.69. The maximum Gasteiger partial charge on any atom is 0.122 e. The van der Waals surface area contributed by atoms with Crippen molar-refractivity contribution in [1.82, 2.24) is 4.90 Å². The summed E-state index contributed by atoms with van der Waals surface area (Å²) in [7, 11) is 0. The van der Waals surface area contributed by atoms with Gasteiger partial charge in [-0.25, -0.2) is 0 Å². The summed E-state index contributed by atoms with van der Waals surface area (Å²) in [6, 6.07) is 15.3.